The van der Waals surface area contributed by atoms with Gasteiger partial charge in [-0.15, -0.1) is 0 Å². The van der Waals surface area contributed by atoms with E-state index in [1.54, 1.807) is 18.5 Å². The lowest BCUT2D eigenvalue weighted by Crippen LogP contribution is -2.13. The molecular weight excluding hydrogens is 513 g/mol. The highest BCUT2D eigenvalue weighted by Gasteiger charge is 2.20. The molecule has 0 saturated heterocycles. The van der Waals surface area contributed by atoms with Crippen LogP contribution in [0.25, 0.3) is 22.3 Å². The van der Waals surface area contributed by atoms with Crippen molar-refractivity contribution in [3.8, 4) is 11.3 Å². The number of fused-ring (bicyclic) bond motifs is 1. The second kappa shape index (κ2) is 8.35. The number of nitrogens with zero attached hydrogens (tertiary/aromatic N) is 2. The first kappa shape index (κ1) is 20.8. The van der Waals surface area contributed by atoms with Crippen LogP contribution in [0.3, 0.4) is 0 Å². The van der Waals surface area contributed by atoms with Crippen molar-refractivity contribution in [3.63, 3.8) is 0 Å². The number of aromatic nitrogens is 2. The zero-order valence-corrected chi connectivity index (χ0v) is 19.6. The third-order valence-electron chi connectivity index (χ3n) is 4.92. The van der Waals surface area contributed by atoms with E-state index in [2.05, 4.69) is 37.9 Å². The van der Waals surface area contributed by atoms with E-state index < -0.39 is 0 Å². The van der Waals surface area contributed by atoms with E-state index in [0.717, 1.165) is 28.1 Å². The summed E-state index contributed by atoms with van der Waals surface area (Å²) in [5.41, 5.74) is 4.87. The number of halogens is 2. The van der Waals surface area contributed by atoms with Gasteiger partial charge in [0.15, 0.2) is 5.76 Å². The lowest BCUT2D eigenvalue weighted by molar-refractivity contribution is 0.606. The monoisotopic (exact) mass is 531 g/mol. The van der Waals surface area contributed by atoms with Gasteiger partial charge in [0.1, 0.15) is 14.3 Å². The molecule has 0 fully saturated rings. The van der Waals surface area contributed by atoms with Crippen LogP contribution < -0.4 is 10.7 Å². The Balaban J connectivity index is 1.89. The van der Waals surface area contributed by atoms with E-state index in [0.29, 0.717) is 25.5 Å². The molecule has 4 rings (SSSR count). The molecule has 5 nitrogen and oxygen atoms in total. The first-order chi connectivity index (χ1) is 14.3. The number of aryl methyl sites for hydroxylation is 2. The number of hydrogen-bond donors (Lipinski definition) is 1. The predicted molar refractivity (Wildman–Crippen MR) is 129 cm³/mol. The summed E-state index contributed by atoms with van der Waals surface area (Å²) in [4.78, 5) is 21.6. The minimum absolute atomic E-state index is 0.0443. The molecule has 0 amide bonds. The molecule has 7 heteroatoms. The van der Waals surface area contributed by atoms with Crippen LogP contribution in [-0.4, -0.2) is 9.97 Å². The second-order valence-electron chi connectivity index (χ2n) is 7.18. The zero-order chi connectivity index (χ0) is 21.4. The van der Waals surface area contributed by atoms with Crippen LogP contribution in [0, 0.1) is 17.4 Å². The number of nitrogens with one attached hydrogen (secondary N) is 1. The van der Waals surface area contributed by atoms with Gasteiger partial charge in [-0.2, -0.15) is 0 Å². The van der Waals surface area contributed by atoms with Crippen molar-refractivity contribution < 1.29 is 4.42 Å². The molecule has 0 unspecified atom stereocenters. The molecule has 152 valence electrons. The Morgan fingerprint density at radius 2 is 2.00 bits per heavy atom. The van der Waals surface area contributed by atoms with Gasteiger partial charge in [-0.3, -0.25) is 9.78 Å². The predicted octanol–water partition coefficient (Wildman–Crippen LogP) is 6.30. The molecule has 0 spiro atoms. The topological polar surface area (TPSA) is 68.0 Å². The molecular formula is C23H19ClIN3O2. The highest BCUT2D eigenvalue weighted by atomic mass is 127. The third-order valence-corrected chi connectivity index (χ3v) is 6.11. The molecule has 1 aromatic carbocycles. The Morgan fingerprint density at radius 3 is 2.70 bits per heavy atom. The number of hydrogen-bond acceptors (Lipinski definition) is 5. The maximum Gasteiger partial charge on any atom is 0.206 e. The summed E-state index contributed by atoms with van der Waals surface area (Å²) in [5, 5.41) is 4.49. The molecule has 0 aliphatic rings. The van der Waals surface area contributed by atoms with Gasteiger partial charge in [-0.25, -0.2) is 4.98 Å². The molecule has 3 heterocycles. The lowest BCUT2D eigenvalue weighted by Gasteiger charge is -2.19. The van der Waals surface area contributed by atoms with Crippen molar-refractivity contribution in [1.29, 1.82) is 0 Å². The molecule has 30 heavy (non-hydrogen) atoms. The van der Waals surface area contributed by atoms with Gasteiger partial charge < -0.3 is 9.73 Å². The van der Waals surface area contributed by atoms with Crippen LogP contribution >= 0.6 is 34.2 Å². The van der Waals surface area contributed by atoms with Gasteiger partial charge in [-0.1, -0.05) is 17.7 Å². The van der Waals surface area contributed by atoms with Gasteiger partial charge in [0.2, 0.25) is 5.43 Å². The Bertz CT molecular complexity index is 1310. The number of rotatable bonds is 4. The quantitative estimate of drug-likeness (QED) is 0.247. The Labute approximate surface area is 192 Å². The zero-order valence-electron chi connectivity index (χ0n) is 16.7. The normalized spacial score (nSPS) is 12.2. The lowest BCUT2D eigenvalue weighted by atomic mass is 10.0. The fourth-order valence-electron chi connectivity index (χ4n) is 3.45. The van der Waals surface area contributed by atoms with Crippen molar-refractivity contribution in [1.82, 2.24) is 9.97 Å². The van der Waals surface area contributed by atoms with Crippen LogP contribution in [0.5, 0.6) is 0 Å². The fourth-order valence-corrected chi connectivity index (χ4v) is 4.35. The molecule has 3 aromatic heterocycles. The Morgan fingerprint density at radius 1 is 1.20 bits per heavy atom. The summed E-state index contributed by atoms with van der Waals surface area (Å²) in [6, 6.07) is 11.2. The van der Waals surface area contributed by atoms with Crippen molar-refractivity contribution in [3.05, 3.63) is 84.6 Å². The van der Waals surface area contributed by atoms with Crippen molar-refractivity contribution in [2.45, 2.75) is 26.8 Å². The highest BCUT2D eigenvalue weighted by Crippen LogP contribution is 2.33. The fraction of sp³-hybridized carbons (Fsp3) is 0.174. The van der Waals surface area contributed by atoms with Gasteiger partial charge >= 0.3 is 0 Å². The average Bonchev–Trinajstić information content (AvgIpc) is 2.73. The van der Waals surface area contributed by atoms with Crippen LogP contribution in [0.1, 0.15) is 29.8 Å². The van der Waals surface area contributed by atoms with Crippen molar-refractivity contribution >= 4 is 50.8 Å². The Hall–Kier alpha value is -2.45. The Kier molecular flexibility index (Phi) is 5.79. The summed E-state index contributed by atoms with van der Waals surface area (Å²) in [6.07, 6.45) is 3.39. The molecule has 0 aliphatic carbocycles. The van der Waals surface area contributed by atoms with E-state index in [-0.39, 0.29) is 11.5 Å². The number of pyridine rings is 2. The van der Waals surface area contributed by atoms with Crippen LogP contribution in [0.4, 0.5) is 5.69 Å². The third kappa shape index (κ3) is 3.94. The molecule has 0 saturated carbocycles. The second-order valence-corrected chi connectivity index (χ2v) is 8.65. The molecule has 0 aliphatic heterocycles. The summed E-state index contributed by atoms with van der Waals surface area (Å²) < 4.78 is 6.87. The summed E-state index contributed by atoms with van der Waals surface area (Å²) in [6.45, 7) is 5.91. The minimum atomic E-state index is -0.126. The SMILES string of the molecule is Cc1cc([C@@H](C)Nc2ccc(Cl)nc2C)c2oc(-c3cccnc3)c(I)c(=O)c2c1. The van der Waals surface area contributed by atoms with Gasteiger partial charge in [-0.05, 0) is 79.3 Å². The van der Waals surface area contributed by atoms with E-state index in [4.69, 9.17) is 16.0 Å². The van der Waals surface area contributed by atoms with E-state index in [9.17, 15) is 4.79 Å². The minimum Gasteiger partial charge on any atom is -0.454 e. The number of benzene rings is 1. The van der Waals surface area contributed by atoms with Crippen LogP contribution in [0.2, 0.25) is 5.15 Å². The molecule has 0 bridgehead atoms. The van der Waals surface area contributed by atoms with E-state index >= 15 is 0 Å². The average molecular weight is 532 g/mol. The standard InChI is InChI=1S/C23H19ClIN3O2/c1-12-9-16(13(2)27-18-6-7-19(24)28-14(18)3)23-17(10-12)21(29)20(25)22(30-23)15-5-4-8-26-11-15/h4-11,13,27H,1-3H3/t13-/m1/s1. The maximum atomic E-state index is 13.2. The van der Waals surface area contributed by atoms with Crippen molar-refractivity contribution in [2.75, 3.05) is 5.32 Å². The largest absolute Gasteiger partial charge is 0.454 e. The van der Waals surface area contributed by atoms with Crippen LogP contribution in [-0.2, 0) is 0 Å². The van der Waals surface area contributed by atoms with Gasteiger partial charge in [0.05, 0.1) is 22.8 Å². The van der Waals surface area contributed by atoms with E-state index in [1.807, 2.05) is 51.1 Å². The highest BCUT2D eigenvalue weighted by molar-refractivity contribution is 14.1. The summed E-state index contributed by atoms with van der Waals surface area (Å²) >= 11 is 8.04. The maximum absolute atomic E-state index is 13.2. The smallest absolute Gasteiger partial charge is 0.206 e. The van der Waals surface area contributed by atoms with Crippen LogP contribution in [0.15, 0.2) is 58.0 Å². The molecule has 1 atom stereocenters. The summed E-state index contributed by atoms with van der Waals surface area (Å²) in [7, 11) is 0. The number of anilines is 1. The first-order valence-electron chi connectivity index (χ1n) is 9.42. The van der Waals surface area contributed by atoms with Gasteiger partial charge in [0, 0.05) is 23.5 Å². The van der Waals surface area contributed by atoms with Crippen molar-refractivity contribution in [2.24, 2.45) is 0 Å². The first-order valence-corrected chi connectivity index (χ1v) is 10.9. The molecule has 1 N–H and O–H groups in total. The van der Waals surface area contributed by atoms with Gasteiger partial charge in [0.25, 0.3) is 0 Å². The molecule has 4 aromatic rings. The van der Waals surface area contributed by atoms with E-state index in [1.165, 1.54) is 0 Å². The molecule has 0 radical (unpaired) electrons. The summed E-state index contributed by atoms with van der Waals surface area (Å²) in [5.74, 6) is 0.530.